The first-order valence-electron chi connectivity index (χ1n) is 7.06. The molecule has 0 radical (unpaired) electrons. The number of hydrogen-bond acceptors (Lipinski definition) is 4. The smallest absolute Gasteiger partial charge is 0.274 e. The van der Waals surface area contributed by atoms with E-state index in [1.54, 1.807) is 12.4 Å². The average molecular weight is 262 g/mol. The predicted molar refractivity (Wildman–Crippen MR) is 75.1 cm³/mol. The average Bonchev–Trinajstić information content (AvgIpc) is 2.45. The van der Waals surface area contributed by atoms with Crippen LogP contribution in [0.1, 0.15) is 43.6 Å². The number of carbonyl (C=O) groups is 1. The Kier molecular flexibility index (Phi) is 4.71. The van der Waals surface area contributed by atoms with Crippen LogP contribution < -0.4 is 5.32 Å². The second-order valence-electron chi connectivity index (χ2n) is 5.19. The molecule has 0 aliphatic carbocycles. The maximum Gasteiger partial charge on any atom is 0.274 e. The number of piperidine rings is 1. The molecule has 0 spiro atoms. The van der Waals surface area contributed by atoms with E-state index in [0.29, 0.717) is 17.4 Å². The van der Waals surface area contributed by atoms with Crippen LogP contribution in [0.25, 0.3) is 0 Å². The molecule has 104 valence electrons. The Balaban J connectivity index is 2.02. The second-order valence-corrected chi connectivity index (χ2v) is 5.19. The van der Waals surface area contributed by atoms with Crippen molar-refractivity contribution in [2.24, 2.45) is 5.92 Å². The monoisotopic (exact) mass is 262 g/mol. The molecule has 1 aromatic rings. The lowest BCUT2D eigenvalue weighted by Crippen LogP contribution is -2.38. The zero-order valence-electron chi connectivity index (χ0n) is 11.7. The highest BCUT2D eigenvalue weighted by atomic mass is 16.2. The van der Waals surface area contributed by atoms with Gasteiger partial charge in [0.1, 0.15) is 11.5 Å². The van der Waals surface area contributed by atoms with Crippen LogP contribution in [0.4, 0.5) is 5.82 Å². The van der Waals surface area contributed by atoms with Gasteiger partial charge in [0.05, 0.1) is 12.4 Å². The zero-order chi connectivity index (χ0) is 13.7. The standard InChI is InChI=1S/C14H22N4O/c1-3-6-16-13-10-15-9-12(17-13)14(19)18-7-4-11(2)5-8-18/h9-11H,3-8H2,1-2H3,(H,16,17). The number of anilines is 1. The first-order chi connectivity index (χ1) is 9.20. The number of carbonyl (C=O) groups excluding carboxylic acids is 1. The van der Waals surface area contributed by atoms with Crippen LogP contribution in [0.3, 0.4) is 0 Å². The Morgan fingerprint density at radius 3 is 2.84 bits per heavy atom. The molecule has 1 aliphatic rings. The Morgan fingerprint density at radius 2 is 2.16 bits per heavy atom. The van der Waals surface area contributed by atoms with Gasteiger partial charge in [0, 0.05) is 19.6 Å². The number of aromatic nitrogens is 2. The minimum absolute atomic E-state index is 0.000418. The summed E-state index contributed by atoms with van der Waals surface area (Å²) in [7, 11) is 0. The number of rotatable bonds is 4. The Hall–Kier alpha value is -1.65. The van der Waals surface area contributed by atoms with E-state index in [9.17, 15) is 4.79 Å². The fourth-order valence-electron chi connectivity index (χ4n) is 2.18. The number of hydrogen-bond donors (Lipinski definition) is 1. The molecular formula is C14H22N4O. The zero-order valence-corrected chi connectivity index (χ0v) is 11.7. The van der Waals surface area contributed by atoms with E-state index in [1.807, 2.05) is 4.90 Å². The summed E-state index contributed by atoms with van der Waals surface area (Å²) in [6.45, 7) is 6.82. The van der Waals surface area contributed by atoms with Crippen LogP contribution in [0.2, 0.25) is 0 Å². The number of amides is 1. The summed E-state index contributed by atoms with van der Waals surface area (Å²) >= 11 is 0. The van der Waals surface area contributed by atoms with Gasteiger partial charge in [0.15, 0.2) is 0 Å². The molecule has 0 bridgehead atoms. The molecular weight excluding hydrogens is 240 g/mol. The van der Waals surface area contributed by atoms with Gasteiger partial charge >= 0.3 is 0 Å². The summed E-state index contributed by atoms with van der Waals surface area (Å²) in [6.07, 6.45) is 6.38. The summed E-state index contributed by atoms with van der Waals surface area (Å²) in [5.41, 5.74) is 0.440. The third kappa shape index (κ3) is 3.66. The minimum atomic E-state index is -0.000418. The van der Waals surface area contributed by atoms with Gasteiger partial charge in [0.2, 0.25) is 0 Å². The van der Waals surface area contributed by atoms with Crippen LogP contribution in [-0.2, 0) is 0 Å². The SMILES string of the molecule is CCCNc1cncc(C(=O)N2CCC(C)CC2)n1. The van der Waals surface area contributed by atoms with Gasteiger partial charge in [-0.25, -0.2) is 4.98 Å². The summed E-state index contributed by atoms with van der Waals surface area (Å²) in [5, 5.41) is 3.16. The summed E-state index contributed by atoms with van der Waals surface area (Å²) < 4.78 is 0. The van der Waals surface area contributed by atoms with E-state index < -0.39 is 0 Å². The number of nitrogens with zero attached hydrogens (tertiary/aromatic N) is 3. The molecule has 1 saturated heterocycles. The molecule has 1 aromatic heterocycles. The van der Waals surface area contributed by atoms with Gasteiger partial charge in [-0.05, 0) is 25.2 Å². The van der Waals surface area contributed by atoms with E-state index in [1.165, 1.54) is 0 Å². The number of nitrogens with one attached hydrogen (secondary N) is 1. The summed E-state index contributed by atoms with van der Waals surface area (Å²) in [4.78, 5) is 22.6. The molecule has 2 heterocycles. The lowest BCUT2D eigenvalue weighted by molar-refractivity contribution is 0.0691. The normalized spacial score (nSPS) is 16.4. The van der Waals surface area contributed by atoms with Crippen LogP contribution in [0.15, 0.2) is 12.4 Å². The first-order valence-corrected chi connectivity index (χ1v) is 7.06. The molecule has 0 saturated carbocycles. The molecule has 1 aliphatic heterocycles. The molecule has 5 heteroatoms. The van der Waals surface area contributed by atoms with E-state index in [-0.39, 0.29) is 5.91 Å². The van der Waals surface area contributed by atoms with Crippen molar-refractivity contribution >= 4 is 11.7 Å². The molecule has 1 fully saturated rings. The molecule has 0 aromatic carbocycles. The van der Waals surface area contributed by atoms with Crippen molar-refractivity contribution in [3.63, 3.8) is 0 Å². The molecule has 0 unspecified atom stereocenters. The lowest BCUT2D eigenvalue weighted by atomic mass is 9.99. The van der Waals surface area contributed by atoms with Gasteiger partial charge in [0.25, 0.3) is 5.91 Å². The maximum atomic E-state index is 12.3. The molecule has 19 heavy (non-hydrogen) atoms. The molecule has 2 rings (SSSR count). The van der Waals surface area contributed by atoms with Crippen LogP contribution >= 0.6 is 0 Å². The van der Waals surface area contributed by atoms with Crippen molar-refractivity contribution < 1.29 is 4.79 Å². The molecule has 0 atom stereocenters. The van der Waals surface area contributed by atoms with Crippen molar-refractivity contribution in [2.75, 3.05) is 25.0 Å². The third-order valence-corrected chi connectivity index (χ3v) is 3.48. The predicted octanol–water partition coefficient (Wildman–Crippen LogP) is 2.17. The lowest BCUT2D eigenvalue weighted by Gasteiger charge is -2.29. The van der Waals surface area contributed by atoms with Crippen molar-refractivity contribution in [3.05, 3.63) is 18.1 Å². The number of likely N-dealkylation sites (tertiary alicyclic amines) is 1. The highest BCUT2D eigenvalue weighted by molar-refractivity contribution is 5.92. The first kappa shape index (κ1) is 13.8. The van der Waals surface area contributed by atoms with E-state index in [4.69, 9.17) is 0 Å². The highest BCUT2D eigenvalue weighted by Crippen LogP contribution is 2.17. The van der Waals surface area contributed by atoms with E-state index in [2.05, 4.69) is 29.1 Å². The molecule has 5 nitrogen and oxygen atoms in total. The quantitative estimate of drug-likeness (QED) is 0.903. The summed E-state index contributed by atoms with van der Waals surface area (Å²) in [5.74, 6) is 1.39. The van der Waals surface area contributed by atoms with Crippen LogP contribution in [-0.4, -0.2) is 40.4 Å². The Morgan fingerprint density at radius 1 is 1.42 bits per heavy atom. The largest absolute Gasteiger partial charge is 0.369 e. The molecule has 1 amide bonds. The topological polar surface area (TPSA) is 58.1 Å². The highest BCUT2D eigenvalue weighted by Gasteiger charge is 2.22. The molecule has 1 N–H and O–H groups in total. The van der Waals surface area contributed by atoms with Gasteiger partial charge in [-0.1, -0.05) is 13.8 Å². The second kappa shape index (κ2) is 6.50. The van der Waals surface area contributed by atoms with Gasteiger partial charge in [-0.15, -0.1) is 0 Å². The Labute approximate surface area is 114 Å². The third-order valence-electron chi connectivity index (χ3n) is 3.48. The maximum absolute atomic E-state index is 12.3. The minimum Gasteiger partial charge on any atom is -0.369 e. The van der Waals surface area contributed by atoms with Crippen LogP contribution in [0.5, 0.6) is 0 Å². The van der Waals surface area contributed by atoms with Crippen LogP contribution in [0, 0.1) is 5.92 Å². The van der Waals surface area contributed by atoms with E-state index >= 15 is 0 Å². The van der Waals surface area contributed by atoms with Gasteiger partial charge < -0.3 is 10.2 Å². The van der Waals surface area contributed by atoms with Crippen molar-refractivity contribution in [2.45, 2.75) is 33.1 Å². The van der Waals surface area contributed by atoms with Crippen molar-refractivity contribution in [3.8, 4) is 0 Å². The van der Waals surface area contributed by atoms with Gasteiger partial charge in [-0.2, -0.15) is 0 Å². The fraction of sp³-hybridized carbons (Fsp3) is 0.643. The fourth-order valence-corrected chi connectivity index (χ4v) is 2.18. The van der Waals surface area contributed by atoms with Gasteiger partial charge in [-0.3, -0.25) is 9.78 Å². The van der Waals surface area contributed by atoms with Crippen molar-refractivity contribution in [1.29, 1.82) is 0 Å². The summed E-state index contributed by atoms with van der Waals surface area (Å²) in [6, 6.07) is 0. The Bertz CT molecular complexity index is 427. The van der Waals surface area contributed by atoms with Crippen molar-refractivity contribution in [1.82, 2.24) is 14.9 Å². The van der Waals surface area contributed by atoms with E-state index in [0.717, 1.165) is 38.9 Å².